The predicted molar refractivity (Wildman–Crippen MR) is 98.5 cm³/mol. The van der Waals surface area contributed by atoms with E-state index in [1.54, 1.807) is 7.05 Å². The summed E-state index contributed by atoms with van der Waals surface area (Å²) in [5.74, 6) is 0.843. The zero-order chi connectivity index (χ0) is 17.4. The number of halogens is 1. The molecule has 0 aliphatic rings. The number of amides is 1. The third-order valence-corrected chi connectivity index (χ3v) is 4.14. The lowest BCUT2D eigenvalue weighted by molar-refractivity contribution is -0.121. The molecule has 1 aromatic heterocycles. The largest absolute Gasteiger partial charge is 0.356 e. The van der Waals surface area contributed by atoms with Gasteiger partial charge in [0.05, 0.1) is 6.54 Å². The van der Waals surface area contributed by atoms with Crippen molar-refractivity contribution in [2.75, 3.05) is 20.6 Å². The Morgan fingerprint density at radius 3 is 2.74 bits per heavy atom. The molecular weight excluding hydrogens is 358 g/mol. The number of carbonyl (C=O) groups is 1. The highest BCUT2D eigenvalue weighted by molar-refractivity contribution is 9.10. The van der Waals surface area contributed by atoms with E-state index < -0.39 is 0 Å². The molecular formula is C16H28BrN5O. The van der Waals surface area contributed by atoms with Gasteiger partial charge in [0.1, 0.15) is 0 Å². The molecule has 0 aliphatic carbocycles. The average Bonchev–Trinajstić information content (AvgIpc) is 2.81. The summed E-state index contributed by atoms with van der Waals surface area (Å²) in [6.45, 7) is 5.37. The lowest BCUT2D eigenvalue weighted by Crippen LogP contribution is -2.41. The van der Waals surface area contributed by atoms with E-state index in [4.69, 9.17) is 0 Å². The van der Waals surface area contributed by atoms with E-state index >= 15 is 0 Å². The van der Waals surface area contributed by atoms with Crippen LogP contribution in [0, 0.1) is 0 Å². The Kier molecular flexibility index (Phi) is 8.16. The summed E-state index contributed by atoms with van der Waals surface area (Å²) >= 11 is 3.48. The summed E-state index contributed by atoms with van der Waals surface area (Å²) in [5.41, 5.74) is 1.18. The van der Waals surface area contributed by atoms with Gasteiger partial charge in [0.25, 0.3) is 0 Å². The molecule has 1 amide bonds. The van der Waals surface area contributed by atoms with Crippen molar-refractivity contribution in [1.29, 1.82) is 0 Å². The molecule has 23 heavy (non-hydrogen) atoms. The summed E-state index contributed by atoms with van der Waals surface area (Å²) < 4.78 is 3.14. The number of nitrogens with one attached hydrogen (secondary N) is 2. The van der Waals surface area contributed by atoms with Gasteiger partial charge in [-0.2, -0.15) is 0 Å². The molecule has 1 rings (SSSR count). The number of rotatable bonds is 7. The number of guanidine groups is 1. The molecule has 1 heterocycles. The zero-order valence-electron chi connectivity index (χ0n) is 14.7. The van der Waals surface area contributed by atoms with Crippen LogP contribution in [-0.2, 0) is 18.4 Å². The van der Waals surface area contributed by atoms with Crippen molar-refractivity contribution in [3.63, 3.8) is 0 Å². The summed E-state index contributed by atoms with van der Waals surface area (Å²) in [6, 6.07) is 2.31. The normalized spacial score (nSPS) is 12.9. The molecule has 2 N–H and O–H groups in total. The highest BCUT2D eigenvalue weighted by Gasteiger charge is 2.10. The summed E-state index contributed by atoms with van der Waals surface area (Å²) in [5, 5.41) is 6.19. The van der Waals surface area contributed by atoms with Crippen LogP contribution in [0.5, 0.6) is 0 Å². The summed E-state index contributed by atoms with van der Waals surface area (Å²) in [7, 11) is 5.75. The number of aliphatic imine (C=N–C) groups is 1. The minimum Gasteiger partial charge on any atom is -0.356 e. The Balaban J connectivity index is 2.44. The van der Waals surface area contributed by atoms with Crippen molar-refractivity contribution in [2.45, 2.75) is 39.3 Å². The monoisotopic (exact) mass is 385 g/mol. The van der Waals surface area contributed by atoms with Crippen molar-refractivity contribution in [3.05, 3.63) is 22.4 Å². The second-order valence-electron chi connectivity index (χ2n) is 5.72. The second kappa shape index (κ2) is 9.60. The Labute approximate surface area is 147 Å². The third kappa shape index (κ3) is 6.64. The molecule has 1 aromatic rings. The Morgan fingerprint density at radius 1 is 1.52 bits per heavy atom. The maximum atomic E-state index is 11.8. The number of nitrogens with zero attached hydrogens (tertiary/aromatic N) is 3. The van der Waals surface area contributed by atoms with E-state index in [0.29, 0.717) is 13.0 Å². The van der Waals surface area contributed by atoms with Crippen molar-refractivity contribution < 1.29 is 4.79 Å². The Bertz CT molecular complexity index is 541. The Morgan fingerprint density at radius 2 is 2.22 bits per heavy atom. The van der Waals surface area contributed by atoms with Gasteiger partial charge in [-0.25, -0.2) is 0 Å². The molecule has 0 saturated heterocycles. The van der Waals surface area contributed by atoms with Gasteiger partial charge in [0.15, 0.2) is 5.96 Å². The van der Waals surface area contributed by atoms with Gasteiger partial charge >= 0.3 is 0 Å². The van der Waals surface area contributed by atoms with Gasteiger partial charge in [-0.05, 0) is 35.3 Å². The van der Waals surface area contributed by atoms with Crippen LogP contribution in [0.3, 0.4) is 0 Å². The third-order valence-electron chi connectivity index (χ3n) is 3.70. The standard InChI is InChI=1S/C16H28BrN5O/c1-6-12(2)20-15(23)7-8-19-16(18-3)22(5)11-14-9-13(17)10-21(14)4/h9-10,12H,6-8,11H2,1-5H3,(H,18,19)(H,20,23). The maximum absolute atomic E-state index is 11.8. The topological polar surface area (TPSA) is 61.7 Å². The van der Waals surface area contributed by atoms with Gasteiger partial charge in [-0.3, -0.25) is 9.79 Å². The van der Waals surface area contributed by atoms with Crippen LogP contribution in [-0.4, -0.2) is 48.0 Å². The number of hydrogen-bond acceptors (Lipinski definition) is 2. The van der Waals surface area contributed by atoms with Gasteiger partial charge in [0, 0.05) is 56.5 Å². The fourth-order valence-corrected chi connectivity index (χ4v) is 2.73. The van der Waals surface area contributed by atoms with Crippen molar-refractivity contribution in [1.82, 2.24) is 20.1 Å². The second-order valence-corrected chi connectivity index (χ2v) is 6.63. The van der Waals surface area contributed by atoms with Gasteiger partial charge in [-0.1, -0.05) is 6.92 Å². The quantitative estimate of drug-likeness (QED) is 0.557. The lowest BCUT2D eigenvalue weighted by atomic mass is 10.2. The number of aryl methyl sites for hydroxylation is 1. The molecule has 0 radical (unpaired) electrons. The summed E-state index contributed by atoms with van der Waals surface area (Å²) in [4.78, 5) is 18.1. The van der Waals surface area contributed by atoms with Gasteiger partial charge in [-0.15, -0.1) is 0 Å². The van der Waals surface area contributed by atoms with Crippen LogP contribution in [0.15, 0.2) is 21.7 Å². The van der Waals surface area contributed by atoms with E-state index in [2.05, 4.69) is 49.1 Å². The minimum atomic E-state index is 0.0660. The van der Waals surface area contributed by atoms with Crippen LogP contribution in [0.4, 0.5) is 0 Å². The smallest absolute Gasteiger partial charge is 0.221 e. The van der Waals surface area contributed by atoms with E-state index in [1.165, 1.54) is 5.69 Å². The molecule has 0 fully saturated rings. The van der Waals surface area contributed by atoms with Crippen molar-refractivity contribution in [3.8, 4) is 0 Å². The first-order chi connectivity index (χ1) is 10.9. The van der Waals surface area contributed by atoms with Gasteiger partial charge < -0.3 is 20.1 Å². The van der Waals surface area contributed by atoms with Crippen LogP contribution >= 0.6 is 15.9 Å². The first-order valence-electron chi connectivity index (χ1n) is 7.89. The number of carbonyl (C=O) groups excluding carboxylic acids is 1. The fraction of sp³-hybridized carbons (Fsp3) is 0.625. The molecule has 1 atom stereocenters. The number of hydrogen-bond donors (Lipinski definition) is 2. The molecule has 6 nitrogen and oxygen atoms in total. The van der Waals surface area contributed by atoms with Crippen LogP contribution in [0.25, 0.3) is 0 Å². The molecule has 1 unspecified atom stereocenters. The molecule has 0 spiro atoms. The van der Waals surface area contributed by atoms with Gasteiger partial charge in [0.2, 0.25) is 5.91 Å². The maximum Gasteiger partial charge on any atom is 0.221 e. The molecule has 130 valence electrons. The fourth-order valence-electron chi connectivity index (χ4n) is 2.16. The molecule has 0 bridgehead atoms. The lowest BCUT2D eigenvalue weighted by Gasteiger charge is -2.22. The number of aromatic nitrogens is 1. The van der Waals surface area contributed by atoms with Crippen molar-refractivity contribution in [2.24, 2.45) is 12.0 Å². The molecule has 0 aromatic carbocycles. The molecule has 0 saturated carbocycles. The van der Waals surface area contributed by atoms with E-state index in [0.717, 1.165) is 23.4 Å². The highest BCUT2D eigenvalue weighted by Crippen LogP contribution is 2.14. The highest BCUT2D eigenvalue weighted by atomic mass is 79.9. The van der Waals surface area contributed by atoms with E-state index in [-0.39, 0.29) is 11.9 Å². The first kappa shape index (κ1) is 19.5. The van der Waals surface area contributed by atoms with Crippen LogP contribution in [0.1, 0.15) is 32.4 Å². The van der Waals surface area contributed by atoms with Crippen LogP contribution < -0.4 is 10.6 Å². The van der Waals surface area contributed by atoms with Crippen molar-refractivity contribution >= 4 is 27.8 Å². The molecule has 0 aliphatic heterocycles. The predicted octanol–water partition coefficient (Wildman–Crippen LogP) is 2.10. The SMILES string of the molecule is CCC(C)NC(=O)CCNC(=NC)N(C)Cc1cc(Br)cn1C. The van der Waals surface area contributed by atoms with E-state index in [9.17, 15) is 4.79 Å². The zero-order valence-corrected chi connectivity index (χ0v) is 16.3. The first-order valence-corrected chi connectivity index (χ1v) is 8.68. The molecule has 7 heteroatoms. The Hall–Kier alpha value is -1.50. The van der Waals surface area contributed by atoms with E-state index in [1.807, 2.05) is 32.1 Å². The van der Waals surface area contributed by atoms with Crippen LogP contribution in [0.2, 0.25) is 0 Å². The summed E-state index contributed by atoms with van der Waals surface area (Å²) in [6.07, 6.45) is 3.40. The average molecular weight is 386 g/mol. The minimum absolute atomic E-state index is 0.0660.